The molecule has 3 aromatic rings. The summed E-state index contributed by atoms with van der Waals surface area (Å²) in [6, 6.07) is 8.63. The van der Waals surface area contributed by atoms with E-state index in [1.807, 2.05) is 19.1 Å². The van der Waals surface area contributed by atoms with Crippen molar-refractivity contribution in [3.63, 3.8) is 0 Å². The smallest absolute Gasteiger partial charge is 0.259 e. The first-order valence-corrected chi connectivity index (χ1v) is 7.40. The van der Waals surface area contributed by atoms with Crippen LogP contribution in [0.15, 0.2) is 41.3 Å². The molecule has 0 atom stereocenters. The average Bonchev–Trinajstić information content (AvgIpc) is 2.53. The van der Waals surface area contributed by atoms with Crippen molar-refractivity contribution in [2.45, 2.75) is 13.5 Å². The topological polar surface area (TPSA) is 90.6 Å². The van der Waals surface area contributed by atoms with E-state index in [0.717, 1.165) is 11.3 Å². The van der Waals surface area contributed by atoms with Crippen LogP contribution in [0.1, 0.15) is 21.6 Å². The third kappa shape index (κ3) is 3.35. The van der Waals surface area contributed by atoms with Crippen LogP contribution >= 0.6 is 12.2 Å². The average molecular weight is 326 g/mol. The monoisotopic (exact) mass is 326 g/mol. The van der Waals surface area contributed by atoms with E-state index >= 15 is 0 Å². The molecule has 0 radical (unpaired) electrons. The van der Waals surface area contributed by atoms with E-state index in [-0.39, 0.29) is 16.2 Å². The van der Waals surface area contributed by atoms with Gasteiger partial charge in [0.05, 0.1) is 10.9 Å². The van der Waals surface area contributed by atoms with Gasteiger partial charge < -0.3 is 10.3 Å². The highest BCUT2D eigenvalue weighted by atomic mass is 32.1. The Morgan fingerprint density at radius 1 is 1.26 bits per heavy atom. The summed E-state index contributed by atoms with van der Waals surface area (Å²) in [5.41, 5.74) is 2.55. The van der Waals surface area contributed by atoms with Gasteiger partial charge in [0.2, 0.25) is 0 Å². The molecule has 3 N–H and O–H groups in total. The second-order valence-corrected chi connectivity index (χ2v) is 5.57. The van der Waals surface area contributed by atoms with E-state index in [1.165, 1.54) is 0 Å². The van der Waals surface area contributed by atoms with E-state index in [9.17, 15) is 9.59 Å². The molecule has 0 saturated carbocycles. The van der Waals surface area contributed by atoms with Gasteiger partial charge in [0.15, 0.2) is 4.77 Å². The highest BCUT2D eigenvalue weighted by Gasteiger charge is 2.08. The van der Waals surface area contributed by atoms with Crippen molar-refractivity contribution in [2.24, 2.45) is 0 Å². The van der Waals surface area contributed by atoms with Gasteiger partial charge >= 0.3 is 0 Å². The third-order valence-electron chi connectivity index (χ3n) is 3.43. The van der Waals surface area contributed by atoms with Crippen molar-refractivity contribution in [2.75, 3.05) is 0 Å². The second kappa shape index (κ2) is 6.13. The van der Waals surface area contributed by atoms with Gasteiger partial charge in [-0.1, -0.05) is 6.07 Å². The summed E-state index contributed by atoms with van der Waals surface area (Å²) >= 11 is 4.94. The van der Waals surface area contributed by atoms with Crippen LogP contribution in [0.4, 0.5) is 0 Å². The van der Waals surface area contributed by atoms with Gasteiger partial charge in [-0.25, -0.2) is 0 Å². The first-order chi connectivity index (χ1) is 11.0. The van der Waals surface area contributed by atoms with Gasteiger partial charge in [-0.05, 0) is 49.0 Å². The highest BCUT2D eigenvalue weighted by Crippen LogP contribution is 2.10. The molecule has 2 aromatic heterocycles. The number of aromatic nitrogens is 3. The fraction of sp³-hybridized carbons (Fsp3) is 0.125. The van der Waals surface area contributed by atoms with Crippen LogP contribution in [-0.2, 0) is 6.54 Å². The molecule has 0 aliphatic rings. The predicted octanol–water partition coefficient (Wildman–Crippen LogP) is 2.22. The Hall–Kier alpha value is -2.80. The van der Waals surface area contributed by atoms with Crippen LogP contribution in [-0.4, -0.2) is 20.9 Å². The Labute approximate surface area is 136 Å². The quantitative estimate of drug-likeness (QED) is 0.644. The molecular weight excluding hydrogens is 312 g/mol. The van der Waals surface area contributed by atoms with Crippen molar-refractivity contribution in [1.82, 2.24) is 20.3 Å². The van der Waals surface area contributed by atoms with Gasteiger partial charge in [0.25, 0.3) is 11.5 Å². The minimum atomic E-state index is -0.276. The van der Waals surface area contributed by atoms with Gasteiger partial charge in [-0.15, -0.1) is 0 Å². The second-order valence-electron chi connectivity index (χ2n) is 5.16. The van der Waals surface area contributed by atoms with Gasteiger partial charge in [-0.3, -0.25) is 19.6 Å². The lowest BCUT2D eigenvalue weighted by molar-refractivity contribution is 0.0951. The molecule has 3 rings (SSSR count). The minimum absolute atomic E-state index is 0.228. The molecule has 0 fully saturated rings. The van der Waals surface area contributed by atoms with Crippen LogP contribution in [0.2, 0.25) is 0 Å². The summed E-state index contributed by atoms with van der Waals surface area (Å²) in [5.74, 6) is -0.230. The normalized spacial score (nSPS) is 10.7. The molecule has 1 amide bonds. The maximum Gasteiger partial charge on any atom is 0.259 e. The Kier molecular flexibility index (Phi) is 4.03. The number of nitrogens with one attached hydrogen (secondary N) is 3. The zero-order chi connectivity index (χ0) is 16.4. The third-order valence-corrected chi connectivity index (χ3v) is 3.63. The maximum atomic E-state index is 12.2. The number of amides is 1. The number of fused-ring (bicyclic) bond motifs is 1. The van der Waals surface area contributed by atoms with Crippen LogP contribution < -0.4 is 10.9 Å². The van der Waals surface area contributed by atoms with E-state index in [0.29, 0.717) is 23.0 Å². The molecular formula is C16H14N4O2S. The summed E-state index contributed by atoms with van der Waals surface area (Å²) in [6.45, 7) is 2.29. The van der Waals surface area contributed by atoms with Crippen molar-refractivity contribution in [1.29, 1.82) is 0 Å². The Balaban J connectivity index is 1.82. The Morgan fingerprint density at radius 2 is 2.09 bits per heavy atom. The summed E-state index contributed by atoms with van der Waals surface area (Å²) < 4.78 is 0.228. The number of hydrogen-bond donors (Lipinski definition) is 3. The van der Waals surface area contributed by atoms with Gasteiger partial charge in [-0.2, -0.15) is 0 Å². The molecule has 0 spiro atoms. The number of benzene rings is 1. The number of aromatic amines is 2. The number of carbonyl (C=O) groups excluding carboxylic acids is 1. The van der Waals surface area contributed by atoms with Crippen molar-refractivity contribution < 1.29 is 4.79 Å². The molecule has 0 aliphatic heterocycles. The zero-order valence-corrected chi connectivity index (χ0v) is 13.2. The first-order valence-electron chi connectivity index (χ1n) is 6.99. The van der Waals surface area contributed by atoms with Crippen molar-refractivity contribution in [3.8, 4) is 0 Å². The SMILES string of the molecule is Cc1ccc(CNC(=O)c2ccc3c(=O)[nH]c(=S)[nH]c3c2)cn1. The standard InChI is InChI=1S/C16H14N4O2S/c1-9-2-3-10(7-17-9)8-18-14(21)11-4-5-12-13(6-11)19-16(23)20-15(12)22/h2-7H,8H2,1H3,(H,18,21)(H2,19,20,22,23). The fourth-order valence-electron chi connectivity index (χ4n) is 2.20. The van der Waals surface area contributed by atoms with E-state index in [4.69, 9.17) is 12.2 Å². The largest absolute Gasteiger partial charge is 0.348 e. The van der Waals surface area contributed by atoms with Crippen molar-refractivity contribution >= 4 is 29.0 Å². The van der Waals surface area contributed by atoms with Gasteiger partial charge in [0, 0.05) is 24.0 Å². The minimum Gasteiger partial charge on any atom is -0.348 e. The molecule has 116 valence electrons. The lowest BCUT2D eigenvalue weighted by Gasteiger charge is -2.06. The lowest BCUT2D eigenvalue weighted by Crippen LogP contribution is -2.23. The maximum absolute atomic E-state index is 12.2. The molecule has 23 heavy (non-hydrogen) atoms. The number of pyridine rings is 1. The Morgan fingerprint density at radius 3 is 2.83 bits per heavy atom. The van der Waals surface area contributed by atoms with Crippen LogP contribution in [0.3, 0.4) is 0 Å². The van der Waals surface area contributed by atoms with E-state index in [1.54, 1.807) is 24.4 Å². The van der Waals surface area contributed by atoms with E-state index in [2.05, 4.69) is 20.3 Å². The highest BCUT2D eigenvalue weighted by molar-refractivity contribution is 7.71. The first kappa shape index (κ1) is 15.1. The molecule has 1 aromatic carbocycles. The number of hydrogen-bond acceptors (Lipinski definition) is 4. The van der Waals surface area contributed by atoms with Crippen LogP contribution in [0.5, 0.6) is 0 Å². The van der Waals surface area contributed by atoms with Crippen molar-refractivity contribution in [3.05, 3.63) is 68.5 Å². The molecule has 0 unspecified atom stereocenters. The molecule has 0 bridgehead atoms. The number of carbonyl (C=O) groups is 1. The number of rotatable bonds is 3. The number of H-pyrrole nitrogens is 2. The fourth-order valence-corrected chi connectivity index (χ4v) is 2.40. The summed E-state index contributed by atoms with van der Waals surface area (Å²) in [7, 11) is 0. The summed E-state index contributed by atoms with van der Waals surface area (Å²) in [6.07, 6.45) is 1.73. The predicted molar refractivity (Wildman–Crippen MR) is 89.9 cm³/mol. The van der Waals surface area contributed by atoms with Crippen LogP contribution in [0.25, 0.3) is 10.9 Å². The summed E-state index contributed by atoms with van der Waals surface area (Å²) in [4.78, 5) is 33.6. The number of nitrogens with zero attached hydrogens (tertiary/aromatic N) is 1. The molecule has 0 aliphatic carbocycles. The Bertz CT molecular complexity index is 989. The molecule has 6 nitrogen and oxygen atoms in total. The summed E-state index contributed by atoms with van der Waals surface area (Å²) in [5, 5.41) is 3.28. The number of aryl methyl sites for hydroxylation is 1. The molecule has 2 heterocycles. The van der Waals surface area contributed by atoms with Crippen LogP contribution in [0, 0.1) is 11.7 Å². The molecule has 0 saturated heterocycles. The zero-order valence-electron chi connectivity index (χ0n) is 12.3. The molecule has 7 heteroatoms. The lowest BCUT2D eigenvalue weighted by atomic mass is 10.1. The van der Waals surface area contributed by atoms with E-state index < -0.39 is 0 Å². The van der Waals surface area contributed by atoms with Gasteiger partial charge in [0.1, 0.15) is 0 Å².